The summed E-state index contributed by atoms with van der Waals surface area (Å²) in [5, 5.41) is 10.2. The first kappa shape index (κ1) is 19.8. The van der Waals surface area contributed by atoms with Crippen LogP contribution in [0.25, 0.3) is 0 Å². The summed E-state index contributed by atoms with van der Waals surface area (Å²) in [7, 11) is 0. The van der Waals surface area contributed by atoms with Gasteiger partial charge >= 0.3 is 0 Å². The first-order chi connectivity index (χ1) is 13.6. The van der Waals surface area contributed by atoms with E-state index in [-0.39, 0.29) is 17.8 Å². The molecule has 3 heterocycles. The van der Waals surface area contributed by atoms with Gasteiger partial charge in [-0.1, -0.05) is 12.1 Å². The summed E-state index contributed by atoms with van der Waals surface area (Å²) in [6.07, 6.45) is 1.96. The number of hydrogen-bond donors (Lipinski definition) is 1. The van der Waals surface area contributed by atoms with Gasteiger partial charge in [-0.3, -0.25) is 14.6 Å². The Morgan fingerprint density at radius 2 is 1.93 bits per heavy atom. The quantitative estimate of drug-likeness (QED) is 0.833. The van der Waals surface area contributed by atoms with Gasteiger partial charge in [0.1, 0.15) is 5.82 Å². The van der Waals surface area contributed by atoms with Crippen LogP contribution in [0.1, 0.15) is 24.8 Å². The standard InChI is InChI=1S/C21H30FN3O3/c22-17-3-1-2-16(12-17)14-23-6-8-24(9-7-23)21(27)20-13-19(26)15-25(20)18-4-10-28-11-5-18/h1-3,12,18-20,26H,4-11,13-15H2/t19-,20+/m1/s1. The third kappa shape index (κ3) is 4.54. The second-order valence-corrected chi connectivity index (χ2v) is 8.18. The van der Waals surface area contributed by atoms with Crippen molar-refractivity contribution in [2.24, 2.45) is 0 Å². The average Bonchev–Trinajstić information content (AvgIpc) is 3.10. The van der Waals surface area contributed by atoms with Crippen molar-refractivity contribution in [1.82, 2.24) is 14.7 Å². The minimum absolute atomic E-state index is 0.147. The third-order valence-corrected chi connectivity index (χ3v) is 6.24. The highest BCUT2D eigenvalue weighted by molar-refractivity contribution is 5.82. The van der Waals surface area contributed by atoms with Gasteiger partial charge in [0.15, 0.2) is 0 Å². The Bertz CT molecular complexity index is 675. The smallest absolute Gasteiger partial charge is 0.240 e. The Labute approximate surface area is 165 Å². The van der Waals surface area contributed by atoms with Gasteiger partial charge in [-0.25, -0.2) is 4.39 Å². The number of likely N-dealkylation sites (tertiary alicyclic amines) is 1. The van der Waals surface area contributed by atoms with E-state index in [4.69, 9.17) is 4.74 Å². The highest BCUT2D eigenvalue weighted by Gasteiger charge is 2.42. The second-order valence-electron chi connectivity index (χ2n) is 8.18. The van der Waals surface area contributed by atoms with Gasteiger partial charge in [-0.15, -0.1) is 0 Å². The molecule has 3 aliphatic rings. The fourth-order valence-electron chi connectivity index (χ4n) is 4.73. The number of piperazine rings is 1. The molecule has 28 heavy (non-hydrogen) atoms. The fourth-order valence-corrected chi connectivity index (χ4v) is 4.73. The highest BCUT2D eigenvalue weighted by Crippen LogP contribution is 2.27. The van der Waals surface area contributed by atoms with E-state index in [9.17, 15) is 14.3 Å². The molecule has 4 rings (SSSR count). The van der Waals surface area contributed by atoms with Crippen LogP contribution in [0.4, 0.5) is 4.39 Å². The molecule has 0 saturated carbocycles. The van der Waals surface area contributed by atoms with Crippen molar-refractivity contribution in [3.8, 4) is 0 Å². The molecule has 1 amide bonds. The molecule has 2 atom stereocenters. The van der Waals surface area contributed by atoms with Gasteiger partial charge in [0.05, 0.1) is 12.1 Å². The maximum atomic E-state index is 13.4. The lowest BCUT2D eigenvalue weighted by Gasteiger charge is -2.39. The van der Waals surface area contributed by atoms with E-state index in [2.05, 4.69) is 9.80 Å². The lowest BCUT2D eigenvalue weighted by Crippen LogP contribution is -2.55. The van der Waals surface area contributed by atoms with E-state index >= 15 is 0 Å². The lowest BCUT2D eigenvalue weighted by atomic mass is 10.0. The number of hydrogen-bond acceptors (Lipinski definition) is 5. The monoisotopic (exact) mass is 391 g/mol. The summed E-state index contributed by atoms with van der Waals surface area (Å²) in [5.41, 5.74) is 0.962. The largest absolute Gasteiger partial charge is 0.392 e. The zero-order chi connectivity index (χ0) is 19.5. The van der Waals surface area contributed by atoms with Gasteiger partial charge in [0.2, 0.25) is 5.91 Å². The molecular formula is C21H30FN3O3. The number of rotatable bonds is 4. The predicted octanol–water partition coefficient (Wildman–Crippen LogP) is 1.08. The molecule has 0 spiro atoms. The number of carbonyl (C=O) groups is 1. The maximum absolute atomic E-state index is 13.4. The van der Waals surface area contributed by atoms with Gasteiger partial charge in [-0.05, 0) is 37.0 Å². The Hall–Kier alpha value is -1.54. The molecule has 1 N–H and O–H groups in total. The zero-order valence-electron chi connectivity index (χ0n) is 16.3. The highest BCUT2D eigenvalue weighted by atomic mass is 19.1. The number of aliphatic hydroxyl groups excluding tert-OH is 1. The van der Waals surface area contributed by atoms with E-state index in [0.717, 1.165) is 44.7 Å². The Morgan fingerprint density at radius 3 is 2.64 bits per heavy atom. The van der Waals surface area contributed by atoms with Gasteiger partial charge in [0, 0.05) is 58.5 Å². The molecule has 1 aromatic rings. The van der Waals surface area contributed by atoms with Crippen molar-refractivity contribution in [3.63, 3.8) is 0 Å². The predicted molar refractivity (Wildman–Crippen MR) is 103 cm³/mol. The number of aliphatic hydroxyl groups is 1. The van der Waals surface area contributed by atoms with E-state index < -0.39 is 6.10 Å². The molecule has 0 radical (unpaired) electrons. The maximum Gasteiger partial charge on any atom is 0.240 e. The minimum atomic E-state index is -0.425. The van der Waals surface area contributed by atoms with Gasteiger partial charge in [0.25, 0.3) is 0 Å². The van der Waals surface area contributed by atoms with E-state index in [0.29, 0.717) is 38.6 Å². The van der Waals surface area contributed by atoms with Crippen LogP contribution in [0.3, 0.4) is 0 Å². The molecule has 0 bridgehead atoms. The summed E-state index contributed by atoms with van der Waals surface area (Å²) in [6.45, 7) is 5.69. The van der Waals surface area contributed by atoms with Crippen LogP contribution in [-0.4, -0.2) is 89.8 Å². The number of β-amino-alcohol motifs (C(OH)–C–C–N with tert-alkyl or cyclic N) is 1. The molecule has 3 aliphatic heterocycles. The average molecular weight is 391 g/mol. The Morgan fingerprint density at radius 1 is 1.18 bits per heavy atom. The van der Waals surface area contributed by atoms with Crippen molar-refractivity contribution < 1.29 is 19.0 Å². The summed E-state index contributed by atoms with van der Waals surface area (Å²) in [6, 6.07) is 6.82. The third-order valence-electron chi connectivity index (χ3n) is 6.24. The SMILES string of the molecule is O=C([C@@H]1C[C@@H](O)CN1C1CCOCC1)N1CCN(Cc2cccc(F)c2)CC1. The molecule has 154 valence electrons. The van der Waals surface area contributed by atoms with Crippen molar-refractivity contribution in [2.45, 2.75) is 44.0 Å². The first-order valence-corrected chi connectivity index (χ1v) is 10.4. The van der Waals surface area contributed by atoms with E-state index in [1.54, 1.807) is 12.1 Å². The molecule has 3 saturated heterocycles. The molecule has 7 heteroatoms. The minimum Gasteiger partial charge on any atom is -0.392 e. The number of halogens is 1. The van der Waals surface area contributed by atoms with Crippen LogP contribution < -0.4 is 0 Å². The van der Waals surface area contributed by atoms with Crippen molar-refractivity contribution in [1.29, 1.82) is 0 Å². The topological polar surface area (TPSA) is 56.2 Å². The number of ether oxygens (including phenoxy) is 1. The van der Waals surface area contributed by atoms with Crippen molar-refractivity contribution in [3.05, 3.63) is 35.6 Å². The summed E-state index contributed by atoms with van der Waals surface area (Å²) >= 11 is 0. The van der Waals surface area contributed by atoms with Gasteiger partial charge in [-0.2, -0.15) is 0 Å². The Balaban J connectivity index is 1.32. The van der Waals surface area contributed by atoms with Crippen LogP contribution in [-0.2, 0) is 16.1 Å². The second kappa shape index (κ2) is 8.86. The Kier molecular flexibility index (Phi) is 6.25. The lowest BCUT2D eigenvalue weighted by molar-refractivity contribution is -0.139. The summed E-state index contributed by atoms with van der Waals surface area (Å²) in [4.78, 5) is 19.6. The van der Waals surface area contributed by atoms with Crippen LogP contribution in [0, 0.1) is 5.82 Å². The summed E-state index contributed by atoms with van der Waals surface area (Å²) < 4.78 is 18.8. The molecular weight excluding hydrogens is 361 g/mol. The number of amides is 1. The number of carbonyl (C=O) groups excluding carboxylic acids is 1. The normalized spacial score (nSPS) is 28.0. The molecule has 0 aromatic heterocycles. The van der Waals surface area contributed by atoms with Crippen LogP contribution in [0.5, 0.6) is 0 Å². The van der Waals surface area contributed by atoms with Crippen LogP contribution >= 0.6 is 0 Å². The molecule has 0 unspecified atom stereocenters. The number of benzene rings is 1. The molecule has 3 fully saturated rings. The van der Waals surface area contributed by atoms with Crippen molar-refractivity contribution in [2.75, 3.05) is 45.9 Å². The summed E-state index contributed by atoms with van der Waals surface area (Å²) in [5.74, 6) is -0.0623. The van der Waals surface area contributed by atoms with Crippen molar-refractivity contribution >= 4 is 5.91 Å². The van der Waals surface area contributed by atoms with E-state index in [1.807, 2.05) is 11.0 Å². The van der Waals surface area contributed by atoms with Crippen LogP contribution in [0.2, 0.25) is 0 Å². The first-order valence-electron chi connectivity index (χ1n) is 10.4. The molecule has 6 nitrogen and oxygen atoms in total. The molecule has 0 aliphatic carbocycles. The zero-order valence-corrected chi connectivity index (χ0v) is 16.3. The van der Waals surface area contributed by atoms with Gasteiger partial charge < -0.3 is 14.7 Å². The number of nitrogens with zero attached hydrogens (tertiary/aromatic N) is 3. The van der Waals surface area contributed by atoms with E-state index in [1.165, 1.54) is 6.07 Å². The van der Waals surface area contributed by atoms with Crippen LogP contribution in [0.15, 0.2) is 24.3 Å². The molecule has 1 aromatic carbocycles. The fraction of sp³-hybridized carbons (Fsp3) is 0.667.